The normalized spacial score (nSPS) is 13.0. The zero-order valence-electron chi connectivity index (χ0n) is 18.3. The number of aliphatic imine (C=N–C) groups is 1. The molecule has 2 aromatic carbocycles. The van der Waals surface area contributed by atoms with Gasteiger partial charge < -0.3 is 20.7 Å². The standard InChI is InChI=1S/C24H30N4O3.HI/c1-2-25-24(27-14-13-26-22(29)20-11-12-20)28-16-19-9-6-10-21(15-19)23(30)31-17-18-7-4-3-5-8-18;/h3-10,15,20H,2,11-14,16-17H2,1H3,(H,26,29)(H2,25,27,28);1H. The van der Waals surface area contributed by atoms with Crippen LogP contribution in [-0.4, -0.2) is 37.5 Å². The number of guanidine groups is 1. The molecule has 0 spiro atoms. The molecule has 0 radical (unpaired) electrons. The summed E-state index contributed by atoms with van der Waals surface area (Å²) in [6.45, 7) is 4.54. The molecule has 1 saturated carbocycles. The van der Waals surface area contributed by atoms with Crippen LogP contribution >= 0.6 is 24.0 Å². The minimum Gasteiger partial charge on any atom is -0.457 e. The van der Waals surface area contributed by atoms with Gasteiger partial charge in [-0.15, -0.1) is 24.0 Å². The van der Waals surface area contributed by atoms with Crippen molar-refractivity contribution in [3.05, 3.63) is 71.3 Å². The van der Waals surface area contributed by atoms with E-state index in [4.69, 9.17) is 4.74 Å². The maximum Gasteiger partial charge on any atom is 0.338 e. The lowest BCUT2D eigenvalue weighted by Gasteiger charge is -2.12. The summed E-state index contributed by atoms with van der Waals surface area (Å²) in [5.41, 5.74) is 2.36. The fourth-order valence-corrected chi connectivity index (χ4v) is 2.97. The molecule has 3 N–H and O–H groups in total. The topological polar surface area (TPSA) is 91.8 Å². The lowest BCUT2D eigenvalue weighted by molar-refractivity contribution is -0.122. The van der Waals surface area contributed by atoms with Gasteiger partial charge in [0, 0.05) is 25.6 Å². The highest BCUT2D eigenvalue weighted by molar-refractivity contribution is 14.0. The third-order valence-corrected chi connectivity index (χ3v) is 4.80. The van der Waals surface area contributed by atoms with Crippen LogP contribution in [0.4, 0.5) is 0 Å². The lowest BCUT2D eigenvalue weighted by Crippen LogP contribution is -2.41. The smallest absolute Gasteiger partial charge is 0.338 e. The number of rotatable bonds is 10. The van der Waals surface area contributed by atoms with E-state index in [-0.39, 0.29) is 48.4 Å². The number of nitrogens with one attached hydrogen (secondary N) is 3. The number of benzene rings is 2. The molecule has 0 atom stereocenters. The molecule has 0 aromatic heterocycles. The molecule has 1 fully saturated rings. The van der Waals surface area contributed by atoms with Gasteiger partial charge >= 0.3 is 5.97 Å². The van der Waals surface area contributed by atoms with Crippen LogP contribution in [0.3, 0.4) is 0 Å². The van der Waals surface area contributed by atoms with E-state index in [0.717, 1.165) is 30.5 Å². The predicted molar refractivity (Wildman–Crippen MR) is 136 cm³/mol. The largest absolute Gasteiger partial charge is 0.457 e. The van der Waals surface area contributed by atoms with Crippen LogP contribution in [0, 0.1) is 5.92 Å². The molecule has 3 rings (SSSR count). The van der Waals surface area contributed by atoms with Crippen LogP contribution in [0.1, 0.15) is 41.3 Å². The Hall–Kier alpha value is -2.62. The molecular weight excluding hydrogens is 519 g/mol. The molecule has 0 bridgehead atoms. The molecule has 32 heavy (non-hydrogen) atoms. The molecule has 1 amide bonds. The molecular formula is C24H31IN4O3. The van der Waals surface area contributed by atoms with Crippen LogP contribution < -0.4 is 16.0 Å². The van der Waals surface area contributed by atoms with Crippen molar-refractivity contribution in [1.82, 2.24) is 16.0 Å². The predicted octanol–water partition coefficient (Wildman–Crippen LogP) is 3.24. The van der Waals surface area contributed by atoms with Crippen molar-refractivity contribution in [2.45, 2.75) is 32.9 Å². The first kappa shape index (κ1) is 25.6. The Balaban J connectivity index is 0.00000363. The van der Waals surface area contributed by atoms with Gasteiger partial charge in [0.15, 0.2) is 5.96 Å². The second-order valence-corrected chi connectivity index (χ2v) is 7.45. The molecule has 8 heteroatoms. The lowest BCUT2D eigenvalue weighted by atomic mass is 10.1. The number of carbonyl (C=O) groups excluding carboxylic acids is 2. The highest BCUT2D eigenvalue weighted by atomic mass is 127. The molecule has 7 nitrogen and oxygen atoms in total. The van der Waals surface area contributed by atoms with E-state index < -0.39 is 0 Å². The number of hydrogen-bond acceptors (Lipinski definition) is 4. The maximum absolute atomic E-state index is 12.4. The third kappa shape index (κ3) is 8.86. The van der Waals surface area contributed by atoms with Crippen LogP contribution in [0.15, 0.2) is 59.6 Å². The van der Waals surface area contributed by atoms with Crippen molar-refractivity contribution >= 4 is 41.8 Å². The van der Waals surface area contributed by atoms with Crippen LogP contribution in [0.25, 0.3) is 0 Å². The number of esters is 1. The molecule has 2 aromatic rings. The average Bonchev–Trinajstić information content (AvgIpc) is 3.65. The van der Waals surface area contributed by atoms with Crippen molar-refractivity contribution in [2.75, 3.05) is 19.6 Å². The molecule has 1 aliphatic rings. The second-order valence-electron chi connectivity index (χ2n) is 7.45. The fourth-order valence-electron chi connectivity index (χ4n) is 2.97. The van der Waals surface area contributed by atoms with Gasteiger partial charge in [0.25, 0.3) is 0 Å². The van der Waals surface area contributed by atoms with Gasteiger partial charge in [-0.3, -0.25) is 4.79 Å². The van der Waals surface area contributed by atoms with Crippen molar-refractivity contribution in [2.24, 2.45) is 10.9 Å². The van der Waals surface area contributed by atoms with Gasteiger partial charge in [0.1, 0.15) is 6.61 Å². The number of nitrogens with zero attached hydrogens (tertiary/aromatic N) is 1. The highest BCUT2D eigenvalue weighted by Crippen LogP contribution is 2.28. The van der Waals surface area contributed by atoms with Crippen molar-refractivity contribution < 1.29 is 14.3 Å². The van der Waals surface area contributed by atoms with Crippen molar-refractivity contribution in [1.29, 1.82) is 0 Å². The van der Waals surface area contributed by atoms with Gasteiger partial charge in [0.2, 0.25) is 5.91 Å². The monoisotopic (exact) mass is 550 g/mol. The summed E-state index contributed by atoms with van der Waals surface area (Å²) in [6.07, 6.45) is 2.00. The average molecular weight is 550 g/mol. The molecule has 0 aliphatic heterocycles. The summed E-state index contributed by atoms with van der Waals surface area (Å²) in [5.74, 6) is 0.666. The third-order valence-electron chi connectivity index (χ3n) is 4.80. The Bertz CT molecular complexity index is 901. The Morgan fingerprint density at radius 1 is 0.969 bits per heavy atom. The van der Waals surface area contributed by atoms with Gasteiger partial charge in [-0.25, -0.2) is 9.79 Å². The Kier molecular flexibility index (Phi) is 11.0. The van der Waals surface area contributed by atoms with Gasteiger partial charge in [-0.1, -0.05) is 42.5 Å². The summed E-state index contributed by atoms with van der Waals surface area (Å²) in [5, 5.41) is 9.32. The fraction of sp³-hybridized carbons (Fsp3) is 0.375. The molecule has 172 valence electrons. The Morgan fingerprint density at radius 2 is 1.69 bits per heavy atom. The number of carbonyl (C=O) groups is 2. The zero-order chi connectivity index (χ0) is 21.9. The Morgan fingerprint density at radius 3 is 2.41 bits per heavy atom. The first-order valence-corrected chi connectivity index (χ1v) is 10.8. The van der Waals surface area contributed by atoms with Gasteiger partial charge in [0.05, 0.1) is 12.1 Å². The van der Waals surface area contributed by atoms with E-state index >= 15 is 0 Å². The van der Waals surface area contributed by atoms with E-state index in [9.17, 15) is 9.59 Å². The number of hydrogen-bond donors (Lipinski definition) is 3. The SMILES string of the molecule is CCNC(=NCc1cccc(C(=O)OCc2ccccc2)c1)NCCNC(=O)C1CC1.I. The van der Waals surface area contributed by atoms with Gasteiger partial charge in [-0.2, -0.15) is 0 Å². The molecule has 0 heterocycles. The van der Waals surface area contributed by atoms with Crippen LogP contribution in [0.2, 0.25) is 0 Å². The second kappa shape index (κ2) is 13.7. The zero-order valence-corrected chi connectivity index (χ0v) is 20.6. The number of amides is 1. The minimum absolute atomic E-state index is 0. The number of halogens is 1. The minimum atomic E-state index is -0.355. The summed E-state index contributed by atoms with van der Waals surface area (Å²) >= 11 is 0. The Labute approximate surface area is 206 Å². The van der Waals surface area contributed by atoms with E-state index in [1.807, 2.05) is 49.4 Å². The van der Waals surface area contributed by atoms with E-state index in [1.54, 1.807) is 12.1 Å². The molecule has 0 saturated heterocycles. The first-order valence-electron chi connectivity index (χ1n) is 10.8. The quantitative estimate of drug-likeness (QED) is 0.139. The summed E-state index contributed by atoms with van der Waals surface area (Å²) in [4.78, 5) is 28.6. The van der Waals surface area contributed by atoms with Crippen LogP contribution in [0.5, 0.6) is 0 Å². The van der Waals surface area contributed by atoms with Crippen molar-refractivity contribution in [3.8, 4) is 0 Å². The maximum atomic E-state index is 12.4. The summed E-state index contributed by atoms with van der Waals surface area (Å²) in [6, 6.07) is 16.9. The van der Waals surface area contributed by atoms with E-state index in [2.05, 4.69) is 20.9 Å². The van der Waals surface area contributed by atoms with Gasteiger partial charge in [-0.05, 0) is 43.0 Å². The summed E-state index contributed by atoms with van der Waals surface area (Å²) in [7, 11) is 0. The van der Waals surface area contributed by atoms with E-state index in [1.165, 1.54) is 0 Å². The highest BCUT2D eigenvalue weighted by Gasteiger charge is 2.28. The first-order chi connectivity index (χ1) is 15.2. The van der Waals surface area contributed by atoms with E-state index in [0.29, 0.717) is 31.2 Å². The van der Waals surface area contributed by atoms with Crippen LogP contribution in [-0.2, 0) is 22.7 Å². The summed E-state index contributed by atoms with van der Waals surface area (Å²) < 4.78 is 5.41. The molecule has 0 unspecified atom stereocenters. The number of ether oxygens (including phenoxy) is 1. The molecule has 1 aliphatic carbocycles. The van der Waals surface area contributed by atoms with Crippen molar-refractivity contribution in [3.63, 3.8) is 0 Å².